The molecule has 0 aliphatic carbocycles. The summed E-state index contributed by atoms with van der Waals surface area (Å²) in [5, 5.41) is 1.03. The summed E-state index contributed by atoms with van der Waals surface area (Å²) >= 11 is 0. The van der Waals surface area contributed by atoms with Gasteiger partial charge in [-0.05, 0) is 51.4 Å². The highest BCUT2D eigenvalue weighted by Gasteiger charge is 2.35. The average molecular weight is 335 g/mol. The number of aromatic amines is 1. The standard InChI is InChI=1S/C21H25N3O/c1-14-20(16-8-4-5-9-17(16)22-14)21(25)15(2)24-13-7-11-19(24)18-10-6-12-23(18)3/h4-6,8-10,12,15,19,22H,7,11,13H2,1-3H3/t15-,19-/m0/s1. The Kier molecular flexibility index (Phi) is 4.00. The number of carbonyl (C=O) groups is 1. The highest BCUT2D eigenvalue weighted by molar-refractivity contribution is 6.11. The van der Waals surface area contributed by atoms with E-state index < -0.39 is 0 Å². The number of benzene rings is 1. The first-order valence-corrected chi connectivity index (χ1v) is 9.06. The van der Waals surface area contributed by atoms with Crippen molar-refractivity contribution in [2.75, 3.05) is 6.54 Å². The van der Waals surface area contributed by atoms with Crippen LogP contribution in [0.5, 0.6) is 0 Å². The van der Waals surface area contributed by atoms with Crippen molar-refractivity contribution in [1.29, 1.82) is 0 Å². The number of ketones is 1. The third kappa shape index (κ3) is 2.61. The fourth-order valence-corrected chi connectivity index (χ4v) is 4.34. The molecule has 0 spiro atoms. The van der Waals surface area contributed by atoms with Crippen LogP contribution in [0.4, 0.5) is 0 Å². The van der Waals surface area contributed by atoms with Crippen molar-refractivity contribution in [2.45, 2.75) is 38.8 Å². The van der Waals surface area contributed by atoms with Gasteiger partial charge in [-0.15, -0.1) is 0 Å². The fraction of sp³-hybridized carbons (Fsp3) is 0.381. The SMILES string of the molecule is Cc1[nH]c2ccccc2c1C(=O)[C@H](C)N1CCC[C@H]1c1cccn1C. The molecule has 0 radical (unpaired) electrons. The van der Waals surface area contributed by atoms with Crippen LogP contribution in [-0.2, 0) is 7.05 Å². The predicted molar refractivity (Wildman–Crippen MR) is 101 cm³/mol. The Hall–Kier alpha value is -2.33. The van der Waals surface area contributed by atoms with E-state index in [4.69, 9.17) is 0 Å². The van der Waals surface area contributed by atoms with Crippen LogP contribution in [0.3, 0.4) is 0 Å². The van der Waals surface area contributed by atoms with E-state index in [1.807, 2.05) is 31.2 Å². The van der Waals surface area contributed by atoms with Gasteiger partial charge >= 0.3 is 0 Å². The van der Waals surface area contributed by atoms with Crippen molar-refractivity contribution in [3.63, 3.8) is 0 Å². The van der Waals surface area contributed by atoms with E-state index in [0.29, 0.717) is 6.04 Å². The smallest absolute Gasteiger partial charge is 0.182 e. The Morgan fingerprint density at radius 2 is 2.04 bits per heavy atom. The number of aromatic nitrogens is 2. The summed E-state index contributed by atoms with van der Waals surface area (Å²) in [5.41, 5.74) is 4.15. The normalized spacial score (nSPS) is 19.6. The molecule has 4 nitrogen and oxygen atoms in total. The van der Waals surface area contributed by atoms with Crippen LogP contribution in [0.25, 0.3) is 10.9 Å². The first kappa shape index (κ1) is 16.2. The lowest BCUT2D eigenvalue weighted by molar-refractivity contribution is 0.0817. The monoisotopic (exact) mass is 335 g/mol. The van der Waals surface area contributed by atoms with Crippen LogP contribution in [0.2, 0.25) is 0 Å². The first-order chi connectivity index (χ1) is 12.1. The molecule has 0 unspecified atom stereocenters. The Labute approximate surface area is 148 Å². The number of likely N-dealkylation sites (tertiary alicyclic amines) is 1. The zero-order chi connectivity index (χ0) is 17.6. The van der Waals surface area contributed by atoms with Gasteiger partial charge in [-0.3, -0.25) is 9.69 Å². The lowest BCUT2D eigenvalue weighted by Gasteiger charge is -2.30. The maximum Gasteiger partial charge on any atom is 0.182 e. The summed E-state index contributed by atoms with van der Waals surface area (Å²) in [4.78, 5) is 19.1. The highest BCUT2D eigenvalue weighted by atomic mass is 16.1. The number of rotatable bonds is 4. The van der Waals surface area contributed by atoms with Crippen molar-refractivity contribution < 1.29 is 4.79 Å². The second-order valence-electron chi connectivity index (χ2n) is 7.15. The second-order valence-corrected chi connectivity index (χ2v) is 7.15. The number of aryl methyl sites for hydroxylation is 2. The van der Waals surface area contributed by atoms with Gasteiger partial charge in [0.1, 0.15) is 0 Å². The van der Waals surface area contributed by atoms with Crippen LogP contribution in [0, 0.1) is 6.92 Å². The number of carbonyl (C=O) groups excluding carboxylic acids is 1. The number of H-pyrrole nitrogens is 1. The topological polar surface area (TPSA) is 41.0 Å². The van der Waals surface area contributed by atoms with Gasteiger partial charge in [0.15, 0.2) is 5.78 Å². The Balaban J connectivity index is 1.68. The van der Waals surface area contributed by atoms with Crippen LogP contribution in [0.15, 0.2) is 42.6 Å². The van der Waals surface area contributed by atoms with Crippen LogP contribution < -0.4 is 0 Å². The minimum absolute atomic E-state index is 0.125. The van der Waals surface area contributed by atoms with Crippen molar-refractivity contribution in [1.82, 2.24) is 14.5 Å². The lowest BCUT2D eigenvalue weighted by atomic mass is 10.00. The third-order valence-corrected chi connectivity index (χ3v) is 5.64. The van der Waals surface area contributed by atoms with Gasteiger partial charge in [0.25, 0.3) is 0 Å². The maximum absolute atomic E-state index is 13.4. The van der Waals surface area contributed by atoms with E-state index in [9.17, 15) is 4.79 Å². The molecule has 0 saturated carbocycles. The number of para-hydroxylation sites is 1. The Morgan fingerprint density at radius 1 is 1.24 bits per heavy atom. The number of Topliss-reactive ketones (excluding diaryl/α,β-unsaturated/α-hetero) is 1. The van der Waals surface area contributed by atoms with Gasteiger partial charge in [0.05, 0.1) is 12.1 Å². The summed E-state index contributed by atoms with van der Waals surface area (Å²) in [6, 6.07) is 12.5. The third-order valence-electron chi connectivity index (χ3n) is 5.64. The van der Waals surface area contributed by atoms with Crippen LogP contribution in [-0.4, -0.2) is 32.8 Å². The van der Waals surface area contributed by atoms with Gasteiger partial charge in [-0.1, -0.05) is 18.2 Å². The van der Waals surface area contributed by atoms with E-state index >= 15 is 0 Å². The Bertz CT molecular complexity index is 920. The summed E-state index contributed by atoms with van der Waals surface area (Å²) < 4.78 is 2.18. The molecule has 0 bridgehead atoms. The molecular formula is C21H25N3O. The Morgan fingerprint density at radius 3 is 2.80 bits per heavy atom. The average Bonchev–Trinajstić information content (AvgIpc) is 3.30. The first-order valence-electron chi connectivity index (χ1n) is 9.06. The molecule has 3 aromatic rings. The number of hydrogen-bond acceptors (Lipinski definition) is 2. The fourth-order valence-electron chi connectivity index (χ4n) is 4.34. The maximum atomic E-state index is 13.4. The molecule has 3 heterocycles. The molecule has 1 N–H and O–H groups in total. The molecular weight excluding hydrogens is 310 g/mol. The molecule has 4 rings (SSSR count). The molecule has 1 fully saturated rings. The van der Waals surface area contributed by atoms with Gasteiger partial charge in [-0.2, -0.15) is 0 Å². The van der Waals surface area contributed by atoms with Crippen molar-refractivity contribution in [3.8, 4) is 0 Å². The molecule has 1 saturated heterocycles. The molecule has 25 heavy (non-hydrogen) atoms. The highest BCUT2D eigenvalue weighted by Crippen LogP contribution is 2.35. The van der Waals surface area contributed by atoms with Gasteiger partial charge in [0, 0.05) is 41.1 Å². The van der Waals surface area contributed by atoms with Gasteiger partial charge < -0.3 is 9.55 Å². The summed E-state index contributed by atoms with van der Waals surface area (Å²) in [5.74, 6) is 0.219. The zero-order valence-corrected chi connectivity index (χ0v) is 15.1. The van der Waals surface area contributed by atoms with Crippen molar-refractivity contribution >= 4 is 16.7 Å². The molecule has 1 aromatic carbocycles. The molecule has 4 heteroatoms. The lowest BCUT2D eigenvalue weighted by Crippen LogP contribution is -2.39. The number of hydrogen-bond donors (Lipinski definition) is 1. The molecule has 0 amide bonds. The minimum atomic E-state index is -0.125. The van der Waals surface area contributed by atoms with Gasteiger partial charge in [-0.25, -0.2) is 0 Å². The number of nitrogens with one attached hydrogen (secondary N) is 1. The van der Waals surface area contributed by atoms with Crippen LogP contribution in [0.1, 0.15) is 47.6 Å². The quantitative estimate of drug-likeness (QED) is 0.725. The number of fused-ring (bicyclic) bond motifs is 1. The molecule has 1 aliphatic heterocycles. The van der Waals surface area contributed by atoms with E-state index in [0.717, 1.165) is 41.5 Å². The zero-order valence-electron chi connectivity index (χ0n) is 15.1. The van der Waals surface area contributed by atoms with E-state index in [1.165, 1.54) is 5.69 Å². The van der Waals surface area contributed by atoms with E-state index in [2.05, 4.69) is 46.8 Å². The summed E-state index contributed by atoms with van der Waals surface area (Å²) in [7, 11) is 2.09. The van der Waals surface area contributed by atoms with Crippen molar-refractivity contribution in [2.24, 2.45) is 7.05 Å². The van der Waals surface area contributed by atoms with Gasteiger partial charge in [0.2, 0.25) is 0 Å². The van der Waals surface area contributed by atoms with E-state index in [1.54, 1.807) is 0 Å². The summed E-state index contributed by atoms with van der Waals surface area (Å²) in [6.07, 6.45) is 4.34. The molecule has 1 aliphatic rings. The second kappa shape index (κ2) is 6.19. The largest absolute Gasteiger partial charge is 0.358 e. The van der Waals surface area contributed by atoms with Crippen molar-refractivity contribution in [3.05, 3.63) is 59.5 Å². The molecule has 2 aromatic heterocycles. The summed E-state index contributed by atoms with van der Waals surface area (Å²) in [6.45, 7) is 5.04. The minimum Gasteiger partial charge on any atom is -0.358 e. The number of nitrogens with zero attached hydrogens (tertiary/aromatic N) is 2. The van der Waals surface area contributed by atoms with Crippen LogP contribution >= 0.6 is 0 Å². The molecule has 130 valence electrons. The van der Waals surface area contributed by atoms with E-state index in [-0.39, 0.29) is 11.8 Å². The molecule has 2 atom stereocenters. The predicted octanol–water partition coefficient (Wildman–Crippen LogP) is 4.22.